The monoisotopic (exact) mass is 187 g/mol. The van der Waals surface area contributed by atoms with E-state index in [1.54, 1.807) is 6.26 Å². The quantitative estimate of drug-likeness (QED) is 0.731. The van der Waals surface area contributed by atoms with Crippen LogP contribution in [0.3, 0.4) is 0 Å². The van der Waals surface area contributed by atoms with Gasteiger partial charge in [-0.3, -0.25) is 0 Å². The Morgan fingerprint density at radius 3 is 2.92 bits per heavy atom. The van der Waals surface area contributed by atoms with Crippen molar-refractivity contribution in [2.75, 3.05) is 6.54 Å². The zero-order chi connectivity index (χ0) is 7.52. The molecular formula is C9H14ClNO. The van der Waals surface area contributed by atoms with Crippen LogP contribution in [-0.4, -0.2) is 6.54 Å². The van der Waals surface area contributed by atoms with Crippen molar-refractivity contribution in [2.45, 2.75) is 25.3 Å². The molecule has 1 aromatic heterocycles. The maximum Gasteiger partial charge on any atom is 0.120 e. The number of halogens is 1. The van der Waals surface area contributed by atoms with E-state index in [4.69, 9.17) is 4.42 Å². The maximum atomic E-state index is 5.31. The Hall–Kier alpha value is -0.470. The van der Waals surface area contributed by atoms with Gasteiger partial charge in [-0.2, -0.15) is 0 Å². The van der Waals surface area contributed by atoms with Crippen molar-refractivity contribution in [2.24, 2.45) is 0 Å². The first-order valence-electron chi connectivity index (χ1n) is 4.23. The molecular weight excluding hydrogens is 174 g/mol. The van der Waals surface area contributed by atoms with Crippen LogP contribution in [0.2, 0.25) is 0 Å². The highest BCUT2D eigenvalue weighted by molar-refractivity contribution is 5.85. The Bertz CT molecular complexity index is 204. The molecule has 1 fully saturated rings. The van der Waals surface area contributed by atoms with Crippen molar-refractivity contribution in [1.29, 1.82) is 0 Å². The Morgan fingerprint density at radius 1 is 1.42 bits per heavy atom. The second-order valence-electron chi connectivity index (χ2n) is 3.02. The largest absolute Gasteiger partial charge is 0.468 e. The molecule has 12 heavy (non-hydrogen) atoms. The Labute approximate surface area is 78.7 Å². The lowest BCUT2D eigenvalue weighted by Crippen LogP contribution is -2.26. The van der Waals surface area contributed by atoms with Crippen LogP contribution >= 0.6 is 12.4 Å². The third-order valence-electron chi connectivity index (χ3n) is 2.20. The topological polar surface area (TPSA) is 25.2 Å². The van der Waals surface area contributed by atoms with Gasteiger partial charge < -0.3 is 9.73 Å². The Morgan fingerprint density at radius 2 is 2.33 bits per heavy atom. The molecule has 0 aromatic carbocycles. The van der Waals surface area contributed by atoms with Gasteiger partial charge in [0.05, 0.1) is 12.3 Å². The smallest absolute Gasteiger partial charge is 0.120 e. The summed E-state index contributed by atoms with van der Waals surface area (Å²) in [5.41, 5.74) is 0. The highest BCUT2D eigenvalue weighted by atomic mass is 35.5. The molecule has 2 rings (SSSR count). The summed E-state index contributed by atoms with van der Waals surface area (Å²) in [6.45, 7) is 1.13. The molecule has 2 nitrogen and oxygen atoms in total. The lowest BCUT2D eigenvalue weighted by Gasteiger charge is -2.21. The van der Waals surface area contributed by atoms with Gasteiger partial charge in [-0.25, -0.2) is 0 Å². The van der Waals surface area contributed by atoms with Crippen molar-refractivity contribution in [3.63, 3.8) is 0 Å². The van der Waals surface area contributed by atoms with Crippen LogP contribution in [0, 0.1) is 0 Å². The number of nitrogens with one attached hydrogen (secondary N) is 1. The predicted octanol–water partition coefficient (Wildman–Crippen LogP) is 2.52. The van der Waals surface area contributed by atoms with E-state index in [1.165, 1.54) is 19.3 Å². The molecule has 2 heterocycles. The summed E-state index contributed by atoms with van der Waals surface area (Å²) in [7, 11) is 0. The van der Waals surface area contributed by atoms with Crippen LogP contribution in [0.25, 0.3) is 0 Å². The minimum atomic E-state index is 0. The normalized spacial score (nSPS) is 23.2. The van der Waals surface area contributed by atoms with Gasteiger partial charge in [0.1, 0.15) is 5.76 Å². The van der Waals surface area contributed by atoms with E-state index >= 15 is 0 Å². The molecule has 3 heteroatoms. The van der Waals surface area contributed by atoms with Crippen LogP contribution < -0.4 is 5.32 Å². The van der Waals surface area contributed by atoms with Crippen molar-refractivity contribution in [3.8, 4) is 0 Å². The second kappa shape index (κ2) is 4.53. The SMILES string of the molecule is Cl.c1coc([C@H]2CCCCN2)c1. The van der Waals surface area contributed by atoms with Crippen LogP contribution in [0.5, 0.6) is 0 Å². The first kappa shape index (κ1) is 9.62. The van der Waals surface area contributed by atoms with Crippen molar-refractivity contribution in [3.05, 3.63) is 24.2 Å². The summed E-state index contributed by atoms with van der Waals surface area (Å²) in [5.74, 6) is 1.09. The van der Waals surface area contributed by atoms with E-state index < -0.39 is 0 Å². The van der Waals surface area contributed by atoms with Crippen molar-refractivity contribution >= 4 is 12.4 Å². The van der Waals surface area contributed by atoms with E-state index in [0.29, 0.717) is 6.04 Å². The lowest BCUT2D eigenvalue weighted by atomic mass is 10.0. The molecule has 1 atom stereocenters. The first-order chi connectivity index (χ1) is 5.47. The Kier molecular flexibility index (Phi) is 3.63. The van der Waals surface area contributed by atoms with Gasteiger partial charge in [0, 0.05) is 0 Å². The maximum absolute atomic E-state index is 5.31. The van der Waals surface area contributed by atoms with E-state index in [2.05, 4.69) is 5.32 Å². The molecule has 0 unspecified atom stereocenters. The highest BCUT2D eigenvalue weighted by Crippen LogP contribution is 2.22. The summed E-state index contributed by atoms with van der Waals surface area (Å²) in [4.78, 5) is 0. The number of rotatable bonds is 1. The molecule has 1 aliphatic rings. The van der Waals surface area contributed by atoms with Gasteiger partial charge in [0.15, 0.2) is 0 Å². The molecule has 0 amide bonds. The van der Waals surface area contributed by atoms with E-state index in [-0.39, 0.29) is 12.4 Å². The number of furan rings is 1. The summed E-state index contributed by atoms with van der Waals surface area (Å²) >= 11 is 0. The van der Waals surface area contributed by atoms with Gasteiger partial charge >= 0.3 is 0 Å². The minimum absolute atomic E-state index is 0. The molecule has 1 aliphatic heterocycles. The van der Waals surface area contributed by atoms with Crippen LogP contribution in [0.1, 0.15) is 31.1 Å². The molecule has 1 N–H and O–H groups in total. The number of piperidine rings is 1. The lowest BCUT2D eigenvalue weighted by molar-refractivity contribution is 0.349. The summed E-state index contributed by atoms with van der Waals surface area (Å²) in [6, 6.07) is 4.47. The Balaban J connectivity index is 0.000000720. The molecule has 1 saturated heterocycles. The molecule has 0 bridgehead atoms. The number of hydrogen-bond donors (Lipinski definition) is 1. The molecule has 0 saturated carbocycles. The third-order valence-corrected chi connectivity index (χ3v) is 2.20. The average molecular weight is 188 g/mol. The molecule has 1 aromatic rings. The zero-order valence-electron chi connectivity index (χ0n) is 6.95. The van der Waals surface area contributed by atoms with E-state index in [1.807, 2.05) is 12.1 Å². The minimum Gasteiger partial charge on any atom is -0.468 e. The van der Waals surface area contributed by atoms with Crippen molar-refractivity contribution in [1.82, 2.24) is 5.32 Å². The second-order valence-corrected chi connectivity index (χ2v) is 3.02. The van der Waals surface area contributed by atoms with Gasteiger partial charge in [0.2, 0.25) is 0 Å². The number of hydrogen-bond acceptors (Lipinski definition) is 2. The fourth-order valence-corrected chi connectivity index (χ4v) is 1.58. The summed E-state index contributed by atoms with van der Waals surface area (Å²) in [5, 5.41) is 3.43. The predicted molar refractivity (Wildman–Crippen MR) is 50.6 cm³/mol. The van der Waals surface area contributed by atoms with E-state index in [0.717, 1.165) is 12.3 Å². The third kappa shape index (κ3) is 2.02. The van der Waals surface area contributed by atoms with Gasteiger partial charge in [-0.1, -0.05) is 6.42 Å². The van der Waals surface area contributed by atoms with Crippen LogP contribution in [0.15, 0.2) is 22.8 Å². The van der Waals surface area contributed by atoms with Gasteiger partial charge in [-0.05, 0) is 31.5 Å². The highest BCUT2D eigenvalue weighted by Gasteiger charge is 2.15. The fraction of sp³-hybridized carbons (Fsp3) is 0.556. The average Bonchev–Trinajstić information content (AvgIpc) is 2.58. The fourth-order valence-electron chi connectivity index (χ4n) is 1.58. The molecule has 0 spiro atoms. The molecule has 68 valence electrons. The summed E-state index contributed by atoms with van der Waals surface area (Å²) < 4.78 is 5.31. The van der Waals surface area contributed by atoms with E-state index in [9.17, 15) is 0 Å². The van der Waals surface area contributed by atoms with Crippen molar-refractivity contribution < 1.29 is 4.42 Å². The first-order valence-corrected chi connectivity index (χ1v) is 4.23. The molecule has 0 aliphatic carbocycles. The zero-order valence-corrected chi connectivity index (χ0v) is 7.77. The standard InChI is InChI=1S/C9H13NO.ClH/c1-2-6-10-8(4-1)9-5-3-7-11-9;/h3,5,7-8,10H,1-2,4,6H2;1H/t8-;/m1./s1. The van der Waals surface area contributed by atoms with Crippen LogP contribution in [0.4, 0.5) is 0 Å². The van der Waals surface area contributed by atoms with Gasteiger partial charge in [0.25, 0.3) is 0 Å². The van der Waals surface area contributed by atoms with Gasteiger partial charge in [-0.15, -0.1) is 12.4 Å². The summed E-state index contributed by atoms with van der Waals surface area (Å²) in [6.07, 6.45) is 5.58. The van der Waals surface area contributed by atoms with Crippen LogP contribution in [-0.2, 0) is 0 Å². The molecule has 0 radical (unpaired) electrons.